The number of carbonyl (C=O) groups excluding carboxylic acids is 1. The summed E-state index contributed by atoms with van der Waals surface area (Å²) in [6.07, 6.45) is 7.21. The molecule has 0 aliphatic carbocycles. The second kappa shape index (κ2) is 12.0. The van der Waals surface area contributed by atoms with E-state index in [-0.39, 0.29) is 18.4 Å². The summed E-state index contributed by atoms with van der Waals surface area (Å²) in [5.74, 6) is -0.624. The van der Waals surface area contributed by atoms with Crippen LogP contribution in [0, 0.1) is 0 Å². The van der Waals surface area contributed by atoms with Gasteiger partial charge in [-0.15, -0.1) is 0 Å². The molecule has 0 spiro atoms. The number of aliphatic carboxylic acids is 1. The first-order valence-electron chi connectivity index (χ1n) is 7.27. The van der Waals surface area contributed by atoms with Gasteiger partial charge in [-0.1, -0.05) is 19.3 Å². The number of rotatable bonds is 12. The minimum absolute atomic E-state index is 0.107. The predicted molar refractivity (Wildman–Crippen MR) is 75.8 cm³/mol. The van der Waals surface area contributed by atoms with Crippen molar-refractivity contribution in [1.29, 1.82) is 0 Å². The standard InChI is InChI=1S/C14H28N2O3/c1-12(8-7-11-15)16-13(17)9-5-3-2-4-6-10-14(18)19/h12H,2-11,15H2,1H3,(H,16,17)(H,18,19)/t12-/m1/s1. The fourth-order valence-corrected chi connectivity index (χ4v) is 1.94. The van der Waals surface area contributed by atoms with Crippen LogP contribution in [-0.2, 0) is 9.59 Å². The first-order valence-corrected chi connectivity index (χ1v) is 7.27. The van der Waals surface area contributed by atoms with E-state index in [0.717, 1.165) is 44.9 Å². The van der Waals surface area contributed by atoms with Crippen molar-refractivity contribution < 1.29 is 14.7 Å². The zero-order valence-corrected chi connectivity index (χ0v) is 12.0. The molecule has 0 aromatic heterocycles. The van der Waals surface area contributed by atoms with Gasteiger partial charge in [0.2, 0.25) is 5.91 Å². The van der Waals surface area contributed by atoms with Gasteiger partial charge >= 0.3 is 5.97 Å². The molecule has 0 fully saturated rings. The van der Waals surface area contributed by atoms with Gasteiger partial charge in [0.15, 0.2) is 0 Å². The largest absolute Gasteiger partial charge is 0.481 e. The molecule has 1 amide bonds. The van der Waals surface area contributed by atoms with Crippen molar-refractivity contribution in [2.75, 3.05) is 6.54 Å². The molecular weight excluding hydrogens is 244 g/mol. The molecule has 0 rings (SSSR count). The van der Waals surface area contributed by atoms with E-state index in [2.05, 4.69) is 5.32 Å². The van der Waals surface area contributed by atoms with Crippen LogP contribution in [0.3, 0.4) is 0 Å². The Morgan fingerprint density at radius 2 is 1.63 bits per heavy atom. The van der Waals surface area contributed by atoms with Crippen LogP contribution in [-0.4, -0.2) is 29.6 Å². The Balaban J connectivity index is 3.35. The maximum Gasteiger partial charge on any atom is 0.303 e. The molecule has 0 aromatic rings. The molecule has 0 aliphatic heterocycles. The molecule has 1 atom stereocenters. The number of hydrogen-bond acceptors (Lipinski definition) is 3. The Hall–Kier alpha value is -1.10. The van der Waals surface area contributed by atoms with Gasteiger partial charge in [0, 0.05) is 18.9 Å². The molecule has 0 saturated carbocycles. The Morgan fingerprint density at radius 1 is 1.05 bits per heavy atom. The summed E-state index contributed by atoms with van der Waals surface area (Å²) in [5.41, 5.74) is 5.41. The highest BCUT2D eigenvalue weighted by atomic mass is 16.4. The van der Waals surface area contributed by atoms with Crippen LogP contribution in [0.1, 0.15) is 64.7 Å². The fraction of sp³-hybridized carbons (Fsp3) is 0.857. The highest BCUT2D eigenvalue weighted by Crippen LogP contribution is 2.07. The average Bonchev–Trinajstić information content (AvgIpc) is 2.34. The number of carbonyl (C=O) groups is 2. The zero-order valence-electron chi connectivity index (χ0n) is 12.0. The second-order valence-corrected chi connectivity index (χ2v) is 5.06. The highest BCUT2D eigenvalue weighted by Gasteiger charge is 2.06. The van der Waals surface area contributed by atoms with Gasteiger partial charge in [0.1, 0.15) is 0 Å². The molecule has 5 heteroatoms. The van der Waals surface area contributed by atoms with Gasteiger partial charge in [0.25, 0.3) is 0 Å². The third kappa shape index (κ3) is 13.1. The number of nitrogens with one attached hydrogen (secondary N) is 1. The summed E-state index contributed by atoms with van der Waals surface area (Å²) in [7, 11) is 0. The molecule has 0 heterocycles. The number of unbranched alkanes of at least 4 members (excludes halogenated alkanes) is 4. The van der Waals surface area contributed by atoms with E-state index < -0.39 is 5.97 Å². The summed E-state index contributed by atoms with van der Waals surface area (Å²) in [4.78, 5) is 21.9. The van der Waals surface area contributed by atoms with Gasteiger partial charge < -0.3 is 16.2 Å². The van der Waals surface area contributed by atoms with Crippen LogP contribution >= 0.6 is 0 Å². The van der Waals surface area contributed by atoms with Gasteiger partial charge in [0.05, 0.1) is 0 Å². The predicted octanol–water partition coefficient (Wildman–Crippen LogP) is 2.05. The maximum absolute atomic E-state index is 11.6. The maximum atomic E-state index is 11.6. The minimum Gasteiger partial charge on any atom is -0.481 e. The summed E-state index contributed by atoms with van der Waals surface area (Å²) >= 11 is 0. The van der Waals surface area contributed by atoms with Gasteiger partial charge in [-0.3, -0.25) is 9.59 Å². The third-order valence-corrected chi connectivity index (χ3v) is 3.04. The van der Waals surface area contributed by atoms with E-state index in [4.69, 9.17) is 10.8 Å². The van der Waals surface area contributed by atoms with Crippen molar-refractivity contribution in [3.8, 4) is 0 Å². The van der Waals surface area contributed by atoms with Gasteiger partial charge in [-0.25, -0.2) is 0 Å². The molecule has 4 N–H and O–H groups in total. The Morgan fingerprint density at radius 3 is 2.21 bits per heavy atom. The second-order valence-electron chi connectivity index (χ2n) is 5.06. The number of nitrogens with two attached hydrogens (primary N) is 1. The van der Waals surface area contributed by atoms with Crippen LogP contribution < -0.4 is 11.1 Å². The van der Waals surface area contributed by atoms with Gasteiger partial charge in [-0.2, -0.15) is 0 Å². The minimum atomic E-state index is -0.731. The number of carboxylic acids is 1. The average molecular weight is 272 g/mol. The summed E-state index contributed by atoms with van der Waals surface area (Å²) < 4.78 is 0. The van der Waals surface area contributed by atoms with Crippen LogP contribution in [0.4, 0.5) is 0 Å². The van der Waals surface area contributed by atoms with E-state index in [1.807, 2.05) is 6.92 Å². The number of amides is 1. The molecule has 112 valence electrons. The van der Waals surface area contributed by atoms with Gasteiger partial charge in [-0.05, 0) is 39.2 Å². The van der Waals surface area contributed by atoms with Crippen molar-refractivity contribution in [2.45, 2.75) is 70.8 Å². The lowest BCUT2D eigenvalue weighted by molar-refractivity contribution is -0.137. The summed E-state index contributed by atoms with van der Waals surface area (Å²) in [5, 5.41) is 11.4. The third-order valence-electron chi connectivity index (χ3n) is 3.04. The topological polar surface area (TPSA) is 92.4 Å². The normalized spacial score (nSPS) is 12.1. The Kier molecular flexibility index (Phi) is 11.3. The van der Waals surface area contributed by atoms with Crippen molar-refractivity contribution in [3.63, 3.8) is 0 Å². The van der Waals surface area contributed by atoms with Crippen molar-refractivity contribution in [1.82, 2.24) is 5.32 Å². The lowest BCUT2D eigenvalue weighted by Crippen LogP contribution is -2.32. The molecule has 19 heavy (non-hydrogen) atoms. The van der Waals surface area contributed by atoms with E-state index in [1.54, 1.807) is 0 Å². The molecule has 0 unspecified atom stereocenters. The molecule has 5 nitrogen and oxygen atoms in total. The summed E-state index contributed by atoms with van der Waals surface area (Å²) in [6.45, 7) is 2.66. The molecular formula is C14H28N2O3. The van der Waals surface area contributed by atoms with Crippen LogP contribution in [0.25, 0.3) is 0 Å². The monoisotopic (exact) mass is 272 g/mol. The summed E-state index contributed by atoms with van der Waals surface area (Å²) in [6, 6.07) is 0.201. The smallest absolute Gasteiger partial charge is 0.303 e. The van der Waals surface area contributed by atoms with Crippen molar-refractivity contribution >= 4 is 11.9 Å². The van der Waals surface area contributed by atoms with Crippen LogP contribution in [0.5, 0.6) is 0 Å². The first-order chi connectivity index (χ1) is 9.06. The fourth-order valence-electron chi connectivity index (χ4n) is 1.94. The number of carboxylic acid groups (broad SMARTS) is 1. The molecule has 0 radical (unpaired) electrons. The Labute approximate surface area is 115 Å². The lowest BCUT2D eigenvalue weighted by Gasteiger charge is -2.13. The van der Waals surface area contributed by atoms with E-state index in [1.165, 1.54) is 0 Å². The molecule has 0 aromatic carbocycles. The Bertz CT molecular complexity index is 257. The zero-order chi connectivity index (χ0) is 14.5. The SMILES string of the molecule is C[C@H](CCCN)NC(=O)CCCCCCCC(=O)O. The van der Waals surface area contributed by atoms with E-state index in [9.17, 15) is 9.59 Å². The molecule has 0 aliphatic rings. The van der Waals surface area contributed by atoms with Crippen molar-refractivity contribution in [2.24, 2.45) is 5.73 Å². The number of hydrogen-bond donors (Lipinski definition) is 3. The quantitative estimate of drug-likeness (QED) is 0.474. The molecule has 0 saturated heterocycles. The van der Waals surface area contributed by atoms with Crippen LogP contribution in [0.2, 0.25) is 0 Å². The lowest BCUT2D eigenvalue weighted by atomic mass is 10.1. The molecule has 0 bridgehead atoms. The van der Waals surface area contributed by atoms with Crippen molar-refractivity contribution in [3.05, 3.63) is 0 Å². The highest BCUT2D eigenvalue weighted by molar-refractivity contribution is 5.76. The first kappa shape index (κ1) is 17.9. The van der Waals surface area contributed by atoms with E-state index >= 15 is 0 Å². The van der Waals surface area contributed by atoms with Crippen LogP contribution in [0.15, 0.2) is 0 Å². The van der Waals surface area contributed by atoms with E-state index in [0.29, 0.717) is 13.0 Å².